The number of aryl methyl sites for hydroxylation is 1. The molecule has 6 nitrogen and oxygen atoms in total. The van der Waals surface area contributed by atoms with Crippen LogP contribution in [-0.2, 0) is 17.8 Å². The molecule has 0 fully saturated rings. The van der Waals surface area contributed by atoms with Gasteiger partial charge in [0.2, 0.25) is 0 Å². The van der Waals surface area contributed by atoms with Crippen molar-refractivity contribution >= 4 is 34.1 Å². The fourth-order valence-electron chi connectivity index (χ4n) is 3.71. The molecule has 4 aromatic rings. The Morgan fingerprint density at radius 3 is 2.12 bits per heavy atom. The van der Waals surface area contributed by atoms with Crippen molar-refractivity contribution in [3.63, 3.8) is 0 Å². The van der Waals surface area contributed by atoms with Crippen LogP contribution in [0.1, 0.15) is 28.9 Å². The van der Waals surface area contributed by atoms with Gasteiger partial charge in [-0.2, -0.15) is 5.10 Å². The molecule has 0 saturated carbocycles. The predicted octanol–water partition coefficient (Wildman–Crippen LogP) is 5.01. The summed E-state index contributed by atoms with van der Waals surface area (Å²) in [5.74, 6) is -1.05. The Bertz CT molecular complexity index is 1380. The van der Waals surface area contributed by atoms with Gasteiger partial charge in [-0.1, -0.05) is 66.2 Å². The third-order valence-electron chi connectivity index (χ3n) is 5.42. The van der Waals surface area contributed by atoms with Gasteiger partial charge in [0.25, 0.3) is 5.56 Å². The highest BCUT2D eigenvalue weighted by atomic mass is 35.5. The minimum absolute atomic E-state index is 0.0278. The molecular formula is C26H21ClN2O4. The summed E-state index contributed by atoms with van der Waals surface area (Å²) in [5.41, 5.74) is 2.72. The smallest absolute Gasteiger partial charge is 0.303 e. The summed E-state index contributed by atoms with van der Waals surface area (Å²) in [6.07, 6.45) is 0.245. The van der Waals surface area contributed by atoms with Crippen LogP contribution >= 0.6 is 11.6 Å². The molecule has 1 aromatic heterocycles. The van der Waals surface area contributed by atoms with Gasteiger partial charge in [-0.3, -0.25) is 14.4 Å². The Morgan fingerprint density at radius 2 is 1.48 bits per heavy atom. The molecule has 166 valence electrons. The van der Waals surface area contributed by atoms with Gasteiger partial charge < -0.3 is 5.11 Å². The second-order valence-electron chi connectivity index (χ2n) is 7.70. The number of hydrogen-bond acceptors (Lipinski definition) is 4. The van der Waals surface area contributed by atoms with E-state index in [-0.39, 0.29) is 37.1 Å². The molecule has 3 aromatic carbocycles. The average Bonchev–Trinajstić information content (AvgIpc) is 2.82. The number of carbonyl (C=O) groups excluding carboxylic acids is 1. The molecule has 0 atom stereocenters. The standard InChI is InChI=1S/C26H21ClN2O4/c27-20-13-11-18(12-14-20)17-7-9-19(10-8-17)24(30)16-23-21-4-1-2-5-22(21)26(33)29(28-23)15-3-6-25(31)32/h1-2,4-5,7-14H,3,6,15-16H2,(H,31,32). The Kier molecular flexibility index (Phi) is 6.66. The van der Waals surface area contributed by atoms with Crippen LogP contribution in [0.3, 0.4) is 0 Å². The Labute approximate surface area is 195 Å². The molecule has 4 rings (SSSR count). The van der Waals surface area contributed by atoms with E-state index < -0.39 is 5.97 Å². The van der Waals surface area contributed by atoms with Crippen LogP contribution in [0.5, 0.6) is 0 Å². The molecule has 0 aliphatic rings. The number of aliphatic carboxylic acids is 1. The summed E-state index contributed by atoms with van der Waals surface area (Å²) in [6, 6.07) is 21.8. The zero-order chi connectivity index (χ0) is 23.4. The van der Waals surface area contributed by atoms with Gasteiger partial charge in [0, 0.05) is 28.9 Å². The van der Waals surface area contributed by atoms with Crippen molar-refractivity contribution in [3.8, 4) is 11.1 Å². The number of hydrogen-bond donors (Lipinski definition) is 1. The predicted molar refractivity (Wildman–Crippen MR) is 128 cm³/mol. The first-order chi connectivity index (χ1) is 15.9. The Morgan fingerprint density at radius 1 is 0.879 bits per heavy atom. The zero-order valence-electron chi connectivity index (χ0n) is 17.7. The summed E-state index contributed by atoms with van der Waals surface area (Å²) in [6.45, 7) is 0.174. The molecule has 7 heteroatoms. The molecule has 1 heterocycles. The van der Waals surface area contributed by atoms with Crippen molar-refractivity contribution in [1.82, 2.24) is 9.78 Å². The summed E-state index contributed by atoms with van der Waals surface area (Å²) >= 11 is 5.95. The van der Waals surface area contributed by atoms with Gasteiger partial charge >= 0.3 is 5.97 Å². The van der Waals surface area contributed by atoms with E-state index in [0.717, 1.165) is 11.1 Å². The lowest BCUT2D eigenvalue weighted by Crippen LogP contribution is -2.26. The van der Waals surface area contributed by atoms with E-state index in [9.17, 15) is 14.4 Å². The van der Waals surface area contributed by atoms with E-state index in [1.165, 1.54) is 4.68 Å². The molecule has 0 bridgehead atoms. The summed E-state index contributed by atoms with van der Waals surface area (Å²) in [4.78, 5) is 36.6. The third-order valence-corrected chi connectivity index (χ3v) is 5.67. The zero-order valence-corrected chi connectivity index (χ0v) is 18.5. The van der Waals surface area contributed by atoms with E-state index in [4.69, 9.17) is 16.7 Å². The van der Waals surface area contributed by atoms with Crippen LogP contribution < -0.4 is 5.56 Å². The van der Waals surface area contributed by atoms with Crippen LogP contribution in [0.4, 0.5) is 0 Å². The number of carboxylic acids is 1. The largest absolute Gasteiger partial charge is 0.481 e. The molecule has 0 saturated heterocycles. The van der Waals surface area contributed by atoms with Crippen molar-refractivity contribution < 1.29 is 14.7 Å². The first-order valence-corrected chi connectivity index (χ1v) is 10.9. The van der Waals surface area contributed by atoms with E-state index in [1.54, 1.807) is 36.4 Å². The lowest BCUT2D eigenvalue weighted by molar-refractivity contribution is -0.137. The summed E-state index contributed by atoms with van der Waals surface area (Å²) in [7, 11) is 0. The topological polar surface area (TPSA) is 89.3 Å². The molecular weight excluding hydrogens is 440 g/mol. The number of rotatable bonds is 8. The number of carbonyl (C=O) groups is 2. The Balaban J connectivity index is 1.60. The van der Waals surface area contributed by atoms with Crippen LogP contribution in [0.2, 0.25) is 5.02 Å². The molecule has 0 radical (unpaired) electrons. The average molecular weight is 461 g/mol. The first-order valence-electron chi connectivity index (χ1n) is 10.5. The van der Waals surface area contributed by atoms with Crippen LogP contribution in [-0.4, -0.2) is 26.6 Å². The van der Waals surface area contributed by atoms with Crippen molar-refractivity contribution in [2.24, 2.45) is 0 Å². The second kappa shape index (κ2) is 9.79. The second-order valence-corrected chi connectivity index (χ2v) is 8.14. The fourth-order valence-corrected chi connectivity index (χ4v) is 3.84. The van der Waals surface area contributed by atoms with Crippen molar-refractivity contribution in [1.29, 1.82) is 0 Å². The van der Waals surface area contributed by atoms with E-state index in [2.05, 4.69) is 5.10 Å². The number of Topliss-reactive ketones (excluding diaryl/α,β-unsaturated/α-hetero) is 1. The quantitative estimate of drug-likeness (QED) is 0.373. The maximum atomic E-state index is 13.0. The van der Waals surface area contributed by atoms with E-state index >= 15 is 0 Å². The lowest BCUT2D eigenvalue weighted by atomic mass is 9.99. The summed E-state index contributed by atoms with van der Waals surface area (Å²) < 4.78 is 1.26. The molecule has 1 N–H and O–H groups in total. The van der Waals surface area contributed by atoms with Crippen molar-refractivity contribution in [2.75, 3.05) is 0 Å². The Hall–Kier alpha value is -3.77. The van der Waals surface area contributed by atoms with Crippen molar-refractivity contribution in [3.05, 3.63) is 99.4 Å². The minimum Gasteiger partial charge on any atom is -0.481 e. The number of halogens is 1. The molecule has 0 aliphatic heterocycles. The highest BCUT2D eigenvalue weighted by molar-refractivity contribution is 6.30. The van der Waals surface area contributed by atoms with Gasteiger partial charge in [-0.25, -0.2) is 4.68 Å². The maximum absolute atomic E-state index is 13.0. The normalized spacial score (nSPS) is 10.9. The van der Waals surface area contributed by atoms with E-state index in [1.807, 2.05) is 36.4 Å². The van der Waals surface area contributed by atoms with Gasteiger partial charge in [-0.15, -0.1) is 0 Å². The van der Waals surface area contributed by atoms with Crippen molar-refractivity contribution in [2.45, 2.75) is 25.8 Å². The molecule has 0 amide bonds. The first kappa shape index (κ1) is 22.4. The number of nitrogens with zero attached hydrogens (tertiary/aromatic N) is 2. The highest BCUT2D eigenvalue weighted by Crippen LogP contribution is 2.23. The van der Waals surface area contributed by atoms with Gasteiger partial charge in [0.1, 0.15) is 0 Å². The number of aromatic nitrogens is 2. The summed E-state index contributed by atoms with van der Waals surface area (Å²) in [5, 5.41) is 15.0. The molecule has 33 heavy (non-hydrogen) atoms. The number of ketones is 1. The molecule has 0 aliphatic carbocycles. The third kappa shape index (κ3) is 5.18. The van der Waals surface area contributed by atoms with Crippen LogP contribution in [0.15, 0.2) is 77.6 Å². The molecule has 0 spiro atoms. The SMILES string of the molecule is O=C(O)CCCn1nc(CC(=O)c2ccc(-c3ccc(Cl)cc3)cc2)c2ccccc2c1=O. The van der Waals surface area contributed by atoms with Gasteiger partial charge in [0.15, 0.2) is 5.78 Å². The number of benzene rings is 3. The van der Waals surface area contributed by atoms with E-state index in [0.29, 0.717) is 27.1 Å². The lowest BCUT2D eigenvalue weighted by Gasteiger charge is -2.11. The number of carboxylic acid groups (broad SMARTS) is 1. The van der Waals surface area contributed by atoms with Crippen LogP contribution in [0, 0.1) is 0 Å². The minimum atomic E-state index is -0.929. The van der Waals surface area contributed by atoms with Gasteiger partial charge in [-0.05, 0) is 35.7 Å². The van der Waals surface area contributed by atoms with Crippen LogP contribution in [0.25, 0.3) is 21.9 Å². The number of fused-ring (bicyclic) bond motifs is 1. The monoisotopic (exact) mass is 460 g/mol. The fraction of sp³-hybridized carbons (Fsp3) is 0.154. The maximum Gasteiger partial charge on any atom is 0.303 e. The molecule has 0 unspecified atom stereocenters. The highest BCUT2D eigenvalue weighted by Gasteiger charge is 2.15. The van der Waals surface area contributed by atoms with Gasteiger partial charge in [0.05, 0.1) is 17.5 Å².